The van der Waals surface area contributed by atoms with Crippen LogP contribution in [0.25, 0.3) is 11.1 Å². The van der Waals surface area contributed by atoms with E-state index in [-0.39, 0.29) is 18.4 Å². The Labute approximate surface area is 238 Å². The standard InChI is InChI=1S/C32H32N2O5S/c1-39-28-18-12-23(13-19-28)20-34(30(35)27-16-14-26(15-17-27)25-10-6-3-7-11-25)32(38)33-29(31(36)37)22-40-21-24-8-4-2-5-9-24/h2-18,28-29H,19-22H2,1H3,(H,33,38)(H,36,37)/t28?,29-/m0/s1. The number of hydrogen-bond donors (Lipinski definition) is 2. The Balaban J connectivity index is 1.50. The van der Waals surface area contributed by atoms with Crippen molar-refractivity contribution in [1.29, 1.82) is 0 Å². The molecule has 3 amide bonds. The first-order chi connectivity index (χ1) is 19.4. The Morgan fingerprint density at radius 2 is 1.62 bits per heavy atom. The van der Waals surface area contributed by atoms with Gasteiger partial charge < -0.3 is 15.2 Å². The monoisotopic (exact) mass is 556 g/mol. The zero-order valence-electron chi connectivity index (χ0n) is 22.2. The summed E-state index contributed by atoms with van der Waals surface area (Å²) in [5.41, 5.74) is 4.11. The zero-order chi connectivity index (χ0) is 28.3. The minimum absolute atomic E-state index is 0.00152. The molecule has 0 radical (unpaired) electrons. The Kier molecular flexibility index (Phi) is 10.3. The molecule has 0 saturated heterocycles. The largest absolute Gasteiger partial charge is 0.480 e. The summed E-state index contributed by atoms with van der Waals surface area (Å²) in [4.78, 5) is 40.1. The molecule has 7 nitrogen and oxygen atoms in total. The van der Waals surface area contributed by atoms with Crippen molar-refractivity contribution in [2.75, 3.05) is 19.4 Å². The Morgan fingerprint density at radius 3 is 2.23 bits per heavy atom. The van der Waals surface area contributed by atoms with Crippen molar-refractivity contribution in [2.24, 2.45) is 0 Å². The van der Waals surface area contributed by atoms with E-state index >= 15 is 0 Å². The first-order valence-electron chi connectivity index (χ1n) is 13.0. The molecule has 4 rings (SSSR count). The van der Waals surface area contributed by atoms with Gasteiger partial charge in [0.05, 0.1) is 12.6 Å². The second-order valence-electron chi connectivity index (χ2n) is 9.32. The summed E-state index contributed by atoms with van der Waals surface area (Å²) in [5, 5.41) is 12.4. The number of methoxy groups -OCH3 is 1. The number of rotatable bonds is 11. The number of benzene rings is 3. The van der Waals surface area contributed by atoms with E-state index in [1.165, 1.54) is 11.8 Å². The lowest BCUT2D eigenvalue weighted by atomic mass is 10.0. The lowest BCUT2D eigenvalue weighted by Crippen LogP contribution is -2.51. The second-order valence-corrected chi connectivity index (χ2v) is 10.4. The van der Waals surface area contributed by atoms with Crippen LogP contribution in [-0.2, 0) is 15.3 Å². The van der Waals surface area contributed by atoms with Gasteiger partial charge in [0, 0.05) is 24.2 Å². The molecule has 206 valence electrons. The molecule has 0 aromatic heterocycles. The van der Waals surface area contributed by atoms with E-state index in [1.807, 2.05) is 91.0 Å². The Hall–Kier alpha value is -4.14. The molecule has 0 spiro atoms. The molecule has 1 unspecified atom stereocenters. The van der Waals surface area contributed by atoms with Gasteiger partial charge in [-0.3, -0.25) is 9.69 Å². The Morgan fingerprint density at radius 1 is 0.975 bits per heavy atom. The predicted octanol–water partition coefficient (Wildman–Crippen LogP) is 5.79. The smallest absolute Gasteiger partial charge is 0.327 e. The highest BCUT2D eigenvalue weighted by Crippen LogP contribution is 2.21. The van der Waals surface area contributed by atoms with Crippen LogP contribution in [0.1, 0.15) is 22.3 Å². The summed E-state index contributed by atoms with van der Waals surface area (Å²) in [7, 11) is 1.62. The van der Waals surface area contributed by atoms with Crippen molar-refractivity contribution in [3.63, 3.8) is 0 Å². The van der Waals surface area contributed by atoms with Crippen LogP contribution in [-0.4, -0.2) is 59.5 Å². The van der Waals surface area contributed by atoms with Crippen molar-refractivity contribution in [2.45, 2.75) is 24.3 Å². The maximum Gasteiger partial charge on any atom is 0.327 e. The highest BCUT2D eigenvalue weighted by Gasteiger charge is 2.28. The fourth-order valence-electron chi connectivity index (χ4n) is 4.22. The van der Waals surface area contributed by atoms with Crippen molar-refractivity contribution < 1.29 is 24.2 Å². The molecule has 0 bridgehead atoms. The quantitative estimate of drug-likeness (QED) is 0.310. The number of ether oxygens (including phenoxy) is 1. The number of thioether (sulfide) groups is 1. The number of hydrogen-bond acceptors (Lipinski definition) is 5. The first kappa shape index (κ1) is 28.9. The molecule has 0 heterocycles. The van der Waals surface area contributed by atoms with Gasteiger partial charge in [0.25, 0.3) is 5.91 Å². The van der Waals surface area contributed by atoms with Gasteiger partial charge in [0.2, 0.25) is 0 Å². The number of carboxylic acid groups (broad SMARTS) is 1. The molecule has 0 aliphatic heterocycles. The minimum atomic E-state index is -1.16. The minimum Gasteiger partial charge on any atom is -0.480 e. The van der Waals surface area contributed by atoms with Gasteiger partial charge in [-0.1, -0.05) is 91.0 Å². The molecule has 0 fully saturated rings. The van der Waals surface area contributed by atoms with Crippen molar-refractivity contribution >= 4 is 29.7 Å². The maximum absolute atomic E-state index is 13.6. The van der Waals surface area contributed by atoms with Crippen LogP contribution in [0.4, 0.5) is 4.79 Å². The summed E-state index contributed by atoms with van der Waals surface area (Å²) in [5.74, 6) is -0.911. The molecule has 2 atom stereocenters. The number of imide groups is 1. The fourth-order valence-corrected chi connectivity index (χ4v) is 5.23. The second kappa shape index (κ2) is 14.3. The Bertz CT molecular complexity index is 1360. The van der Waals surface area contributed by atoms with Crippen LogP contribution in [0.3, 0.4) is 0 Å². The van der Waals surface area contributed by atoms with Gasteiger partial charge in [0.1, 0.15) is 6.04 Å². The summed E-state index contributed by atoms with van der Waals surface area (Å²) < 4.78 is 5.35. The van der Waals surface area contributed by atoms with Crippen LogP contribution in [0.2, 0.25) is 0 Å². The number of carbonyl (C=O) groups excluding carboxylic acids is 2. The maximum atomic E-state index is 13.6. The van der Waals surface area contributed by atoms with E-state index < -0.39 is 23.9 Å². The predicted molar refractivity (Wildman–Crippen MR) is 158 cm³/mol. The van der Waals surface area contributed by atoms with E-state index in [4.69, 9.17) is 4.74 Å². The van der Waals surface area contributed by atoms with Crippen LogP contribution >= 0.6 is 11.8 Å². The van der Waals surface area contributed by atoms with E-state index in [9.17, 15) is 19.5 Å². The highest BCUT2D eigenvalue weighted by atomic mass is 32.2. The summed E-state index contributed by atoms with van der Waals surface area (Å²) in [6, 6.07) is 24.6. The zero-order valence-corrected chi connectivity index (χ0v) is 23.1. The molecule has 2 N–H and O–H groups in total. The molecule has 1 aliphatic rings. The van der Waals surface area contributed by atoms with Crippen LogP contribution in [0, 0.1) is 0 Å². The molecule has 3 aromatic rings. The molecular weight excluding hydrogens is 524 g/mol. The van der Waals surface area contributed by atoms with Gasteiger partial charge in [-0.2, -0.15) is 11.8 Å². The van der Waals surface area contributed by atoms with E-state index in [0.29, 0.717) is 17.7 Å². The SMILES string of the molecule is COC1C=CC(CN(C(=O)N[C@@H](CSCc2ccccc2)C(=O)O)C(=O)c2ccc(-c3ccccc3)cc2)=CC1. The number of urea groups is 1. The van der Waals surface area contributed by atoms with Gasteiger partial charge in [-0.15, -0.1) is 0 Å². The van der Waals surface area contributed by atoms with Gasteiger partial charge in [-0.05, 0) is 40.8 Å². The number of aliphatic carboxylic acids is 1. The fraction of sp³-hybridized carbons (Fsp3) is 0.219. The van der Waals surface area contributed by atoms with E-state index in [0.717, 1.165) is 27.2 Å². The molecule has 40 heavy (non-hydrogen) atoms. The van der Waals surface area contributed by atoms with E-state index in [1.54, 1.807) is 19.2 Å². The summed E-state index contributed by atoms with van der Waals surface area (Å²) in [6.45, 7) is 0.00152. The topological polar surface area (TPSA) is 95.9 Å². The third kappa shape index (κ3) is 7.94. The average Bonchev–Trinajstić information content (AvgIpc) is 3.00. The number of nitrogens with zero attached hydrogens (tertiary/aromatic N) is 1. The summed E-state index contributed by atoms with van der Waals surface area (Å²) >= 11 is 1.40. The molecule has 1 aliphatic carbocycles. The van der Waals surface area contributed by atoms with Crippen LogP contribution in [0.5, 0.6) is 0 Å². The molecule has 8 heteroatoms. The van der Waals surface area contributed by atoms with Gasteiger partial charge >= 0.3 is 12.0 Å². The normalized spacial score (nSPS) is 15.1. The third-order valence-corrected chi connectivity index (χ3v) is 7.61. The average molecular weight is 557 g/mol. The molecular formula is C32H32N2O5S. The highest BCUT2D eigenvalue weighted by molar-refractivity contribution is 7.98. The van der Waals surface area contributed by atoms with Crippen molar-refractivity contribution in [3.8, 4) is 11.1 Å². The number of nitrogens with one attached hydrogen (secondary N) is 1. The number of carbonyl (C=O) groups is 3. The van der Waals surface area contributed by atoms with Crippen molar-refractivity contribution in [3.05, 3.63) is 120 Å². The van der Waals surface area contributed by atoms with Crippen LogP contribution < -0.4 is 5.32 Å². The van der Waals surface area contributed by atoms with E-state index in [2.05, 4.69) is 5.32 Å². The first-order valence-corrected chi connectivity index (χ1v) is 14.1. The number of carboxylic acids is 1. The summed E-state index contributed by atoms with van der Waals surface area (Å²) in [6.07, 6.45) is 6.18. The third-order valence-electron chi connectivity index (χ3n) is 6.50. The van der Waals surface area contributed by atoms with Crippen LogP contribution in [0.15, 0.2) is 109 Å². The lowest BCUT2D eigenvalue weighted by molar-refractivity contribution is -0.138. The van der Waals surface area contributed by atoms with Gasteiger partial charge in [-0.25, -0.2) is 9.59 Å². The molecule has 0 saturated carbocycles. The number of amides is 3. The molecule has 3 aromatic carbocycles. The van der Waals surface area contributed by atoms with Gasteiger partial charge in [0.15, 0.2) is 0 Å². The van der Waals surface area contributed by atoms with Crippen molar-refractivity contribution in [1.82, 2.24) is 10.2 Å². The lowest BCUT2D eigenvalue weighted by Gasteiger charge is -2.25.